The van der Waals surface area contributed by atoms with Crippen LogP contribution < -0.4 is 5.32 Å². The summed E-state index contributed by atoms with van der Waals surface area (Å²) in [5, 5.41) is 6.96. The summed E-state index contributed by atoms with van der Waals surface area (Å²) in [5.41, 5.74) is 0.952. The van der Waals surface area contributed by atoms with Crippen LogP contribution in [0.1, 0.15) is 25.3 Å². The summed E-state index contributed by atoms with van der Waals surface area (Å²) < 4.78 is 1.82. The van der Waals surface area contributed by atoms with Gasteiger partial charge in [0.15, 0.2) is 0 Å². The topological polar surface area (TPSA) is 50.2 Å². The third-order valence-electron chi connectivity index (χ3n) is 3.72. The van der Waals surface area contributed by atoms with Crippen LogP contribution >= 0.6 is 0 Å². The van der Waals surface area contributed by atoms with Gasteiger partial charge in [0.05, 0.1) is 11.6 Å². The number of hydrogen-bond acceptors (Lipinski definition) is 3. The lowest BCUT2D eigenvalue weighted by Gasteiger charge is -2.38. The number of likely N-dealkylation sites (tertiary alicyclic amines) is 1. The molecule has 100 valence electrons. The van der Waals surface area contributed by atoms with E-state index in [1.807, 2.05) is 24.1 Å². The van der Waals surface area contributed by atoms with Crippen molar-refractivity contribution in [1.82, 2.24) is 20.0 Å². The fourth-order valence-corrected chi connectivity index (χ4v) is 2.78. The van der Waals surface area contributed by atoms with Crippen molar-refractivity contribution in [3.63, 3.8) is 0 Å². The minimum Gasteiger partial charge on any atom is -0.359 e. The van der Waals surface area contributed by atoms with Crippen LogP contribution in [0.5, 0.6) is 0 Å². The summed E-state index contributed by atoms with van der Waals surface area (Å²) in [7, 11) is 3.64. The highest BCUT2D eigenvalue weighted by atomic mass is 16.2. The second-order valence-corrected chi connectivity index (χ2v) is 5.48. The van der Waals surface area contributed by atoms with Gasteiger partial charge in [0, 0.05) is 38.9 Å². The number of aryl methyl sites for hydroxylation is 1. The number of amides is 1. The third-order valence-corrected chi connectivity index (χ3v) is 3.72. The van der Waals surface area contributed by atoms with Crippen LogP contribution in [-0.4, -0.2) is 40.7 Å². The van der Waals surface area contributed by atoms with E-state index in [2.05, 4.69) is 22.2 Å². The molecule has 5 heteroatoms. The Morgan fingerprint density at radius 1 is 1.61 bits per heavy atom. The summed E-state index contributed by atoms with van der Waals surface area (Å²) in [6.45, 7) is 4.81. The molecule has 1 saturated heterocycles. The molecule has 0 bridgehead atoms. The predicted octanol–water partition coefficient (Wildman–Crippen LogP) is 0.768. The number of nitrogens with zero attached hydrogens (tertiary/aromatic N) is 3. The van der Waals surface area contributed by atoms with Crippen molar-refractivity contribution in [2.24, 2.45) is 12.5 Å². The first-order valence-electron chi connectivity index (χ1n) is 6.45. The Hall–Kier alpha value is -1.36. The molecule has 1 atom stereocenters. The largest absolute Gasteiger partial charge is 0.359 e. The van der Waals surface area contributed by atoms with E-state index >= 15 is 0 Å². The zero-order valence-electron chi connectivity index (χ0n) is 11.4. The maximum atomic E-state index is 11.9. The molecule has 1 fully saturated rings. The van der Waals surface area contributed by atoms with Gasteiger partial charge in [-0.1, -0.05) is 0 Å². The van der Waals surface area contributed by atoms with Crippen molar-refractivity contribution in [3.8, 4) is 0 Å². The second kappa shape index (κ2) is 5.10. The number of rotatable bonds is 3. The molecule has 1 amide bonds. The lowest BCUT2D eigenvalue weighted by Crippen LogP contribution is -2.49. The summed E-state index contributed by atoms with van der Waals surface area (Å²) in [6.07, 6.45) is 5.97. The van der Waals surface area contributed by atoms with Gasteiger partial charge in [-0.15, -0.1) is 0 Å². The average Bonchev–Trinajstić information content (AvgIpc) is 2.73. The van der Waals surface area contributed by atoms with E-state index in [0.717, 1.165) is 32.5 Å². The van der Waals surface area contributed by atoms with E-state index in [4.69, 9.17) is 0 Å². The highest BCUT2D eigenvalue weighted by Gasteiger charge is 2.37. The minimum atomic E-state index is -0.255. The SMILES string of the molecule is CNC(=O)C1(C)CCCN(Cc2cnn(C)c2)C1. The van der Waals surface area contributed by atoms with Crippen LogP contribution in [-0.2, 0) is 18.4 Å². The Balaban J connectivity index is 2.00. The smallest absolute Gasteiger partial charge is 0.226 e. The second-order valence-electron chi connectivity index (χ2n) is 5.48. The van der Waals surface area contributed by atoms with Crippen molar-refractivity contribution in [3.05, 3.63) is 18.0 Å². The van der Waals surface area contributed by atoms with Crippen molar-refractivity contribution in [2.75, 3.05) is 20.1 Å². The molecular weight excluding hydrogens is 228 g/mol. The summed E-state index contributed by atoms with van der Waals surface area (Å²) in [5.74, 6) is 0.151. The maximum Gasteiger partial charge on any atom is 0.226 e. The molecule has 0 aliphatic carbocycles. The Bertz CT molecular complexity index is 428. The molecule has 5 nitrogen and oxygen atoms in total. The molecule has 1 aliphatic rings. The maximum absolute atomic E-state index is 11.9. The van der Waals surface area contributed by atoms with Gasteiger partial charge in [-0.05, 0) is 26.3 Å². The normalized spacial score (nSPS) is 25.1. The first kappa shape index (κ1) is 13.1. The van der Waals surface area contributed by atoms with Crippen LogP contribution in [0, 0.1) is 5.41 Å². The van der Waals surface area contributed by atoms with Crippen molar-refractivity contribution >= 4 is 5.91 Å². The van der Waals surface area contributed by atoms with Crippen LogP contribution in [0.15, 0.2) is 12.4 Å². The number of carbonyl (C=O) groups is 1. The molecule has 1 aromatic rings. The molecule has 0 aromatic carbocycles. The van der Waals surface area contributed by atoms with Crippen molar-refractivity contribution in [1.29, 1.82) is 0 Å². The van der Waals surface area contributed by atoms with E-state index < -0.39 is 0 Å². The number of carbonyl (C=O) groups excluding carboxylic acids is 1. The van der Waals surface area contributed by atoms with Crippen LogP contribution in [0.2, 0.25) is 0 Å². The molecule has 0 saturated carbocycles. The van der Waals surface area contributed by atoms with Crippen LogP contribution in [0.25, 0.3) is 0 Å². The van der Waals surface area contributed by atoms with Gasteiger partial charge < -0.3 is 5.32 Å². The van der Waals surface area contributed by atoms with Crippen LogP contribution in [0.4, 0.5) is 0 Å². The van der Waals surface area contributed by atoms with Crippen LogP contribution in [0.3, 0.4) is 0 Å². The van der Waals surface area contributed by atoms with E-state index in [1.54, 1.807) is 7.05 Å². The zero-order chi connectivity index (χ0) is 13.2. The molecule has 1 unspecified atom stereocenters. The molecule has 2 heterocycles. The number of hydrogen-bond donors (Lipinski definition) is 1. The predicted molar refractivity (Wildman–Crippen MR) is 69.9 cm³/mol. The van der Waals surface area contributed by atoms with E-state index in [0.29, 0.717) is 0 Å². The first-order valence-corrected chi connectivity index (χ1v) is 6.45. The lowest BCUT2D eigenvalue weighted by molar-refractivity contribution is -0.132. The Morgan fingerprint density at radius 3 is 3.00 bits per heavy atom. The van der Waals surface area contributed by atoms with Gasteiger partial charge in [-0.2, -0.15) is 5.10 Å². The Kier molecular flexibility index (Phi) is 3.71. The fraction of sp³-hybridized carbons (Fsp3) is 0.692. The van der Waals surface area contributed by atoms with Gasteiger partial charge in [-0.25, -0.2) is 0 Å². The standard InChI is InChI=1S/C13H22N4O/c1-13(12(18)14-2)5-4-6-17(10-13)9-11-7-15-16(3)8-11/h7-8H,4-6,9-10H2,1-3H3,(H,14,18). The summed E-state index contributed by atoms with van der Waals surface area (Å²) >= 11 is 0. The number of aromatic nitrogens is 2. The van der Waals surface area contributed by atoms with E-state index in [1.165, 1.54) is 5.56 Å². The number of piperidine rings is 1. The fourth-order valence-electron chi connectivity index (χ4n) is 2.78. The molecule has 0 radical (unpaired) electrons. The quantitative estimate of drug-likeness (QED) is 0.862. The van der Waals surface area contributed by atoms with Crippen molar-refractivity contribution < 1.29 is 4.79 Å². The van der Waals surface area contributed by atoms with Gasteiger partial charge in [-0.3, -0.25) is 14.4 Å². The highest BCUT2D eigenvalue weighted by molar-refractivity contribution is 5.82. The van der Waals surface area contributed by atoms with Crippen molar-refractivity contribution in [2.45, 2.75) is 26.3 Å². The Labute approximate surface area is 108 Å². The molecule has 1 aliphatic heterocycles. The van der Waals surface area contributed by atoms with Gasteiger partial charge in [0.25, 0.3) is 0 Å². The van der Waals surface area contributed by atoms with Gasteiger partial charge in [0.1, 0.15) is 0 Å². The molecule has 1 N–H and O–H groups in total. The average molecular weight is 250 g/mol. The minimum absolute atomic E-state index is 0.151. The van der Waals surface area contributed by atoms with Gasteiger partial charge in [0.2, 0.25) is 5.91 Å². The summed E-state index contributed by atoms with van der Waals surface area (Å²) in [6, 6.07) is 0. The Morgan fingerprint density at radius 2 is 2.39 bits per heavy atom. The molecule has 18 heavy (non-hydrogen) atoms. The lowest BCUT2D eigenvalue weighted by atomic mass is 9.81. The molecule has 0 spiro atoms. The van der Waals surface area contributed by atoms with E-state index in [9.17, 15) is 4.79 Å². The van der Waals surface area contributed by atoms with Gasteiger partial charge >= 0.3 is 0 Å². The molecule has 1 aromatic heterocycles. The third kappa shape index (κ3) is 2.72. The summed E-state index contributed by atoms with van der Waals surface area (Å²) in [4.78, 5) is 14.3. The zero-order valence-corrected chi connectivity index (χ0v) is 11.4. The van der Waals surface area contributed by atoms with E-state index in [-0.39, 0.29) is 11.3 Å². The molecule has 2 rings (SSSR count). The molecular formula is C13H22N4O. The highest BCUT2D eigenvalue weighted by Crippen LogP contribution is 2.30. The first-order chi connectivity index (χ1) is 8.53. The monoisotopic (exact) mass is 250 g/mol. The number of nitrogens with one attached hydrogen (secondary N) is 1.